The normalized spacial score (nSPS) is 13.5. The van der Waals surface area contributed by atoms with Gasteiger partial charge < -0.3 is 4.98 Å². The molecule has 0 atom stereocenters. The van der Waals surface area contributed by atoms with E-state index < -0.39 is 11.2 Å². The number of imide groups is 1. The molecule has 1 aromatic heterocycles. The Morgan fingerprint density at radius 3 is 2.18 bits per heavy atom. The van der Waals surface area contributed by atoms with E-state index in [4.69, 9.17) is 0 Å². The molecule has 0 saturated heterocycles. The quantitative estimate of drug-likeness (QED) is 0.653. The summed E-state index contributed by atoms with van der Waals surface area (Å²) in [5.41, 5.74) is -0.00519. The van der Waals surface area contributed by atoms with Gasteiger partial charge in [0.15, 0.2) is 0 Å². The highest BCUT2D eigenvalue weighted by Crippen LogP contribution is 2.21. The standard InChI is InChI=1S/C14H12N4O4/c19-11-5-8(16-14(22)17-11)6-15-7-18-12(20)9-3-1-2-4-10(9)13(18)21/h1-5,15H,6-7H2,(H2,16,17,19,22). The van der Waals surface area contributed by atoms with Crippen molar-refractivity contribution in [3.63, 3.8) is 0 Å². The first-order valence-corrected chi connectivity index (χ1v) is 6.55. The largest absolute Gasteiger partial charge is 0.325 e. The Morgan fingerprint density at radius 1 is 0.955 bits per heavy atom. The molecule has 3 N–H and O–H groups in total. The summed E-state index contributed by atoms with van der Waals surface area (Å²) in [7, 11) is 0. The van der Waals surface area contributed by atoms with E-state index in [0.717, 1.165) is 4.90 Å². The number of aromatic amines is 2. The summed E-state index contributed by atoms with van der Waals surface area (Å²) in [6.07, 6.45) is 0. The van der Waals surface area contributed by atoms with Crippen LogP contribution < -0.4 is 16.6 Å². The summed E-state index contributed by atoms with van der Waals surface area (Å²) in [5.74, 6) is -0.736. The second-order valence-electron chi connectivity index (χ2n) is 4.78. The van der Waals surface area contributed by atoms with Crippen molar-refractivity contribution in [3.05, 3.63) is 68.0 Å². The summed E-state index contributed by atoms with van der Waals surface area (Å²) in [5, 5.41) is 2.86. The van der Waals surface area contributed by atoms with Gasteiger partial charge in [0.05, 0.1) is 17.8 Å². The molecule has 0 saturated carbocycles. The van der Waals surface area contributed by atoms with Crippen molar-refractivity contribution in [2.75, 3.05) is 6.67 Å². The van der Waals surface area contributed by atoms with Crippen LogP contribution >= 0.6 is 0 Å². The van der Waals surface area contributed by atoms with Gasteiger partial charge in [0.2, 0.25) is 0 Å². The van der Waals surface area contributed by atoms with Crippen LogP contribution in [0.5, 0.6) is 0 Å². The molecule has 22 heavy (non-hydrogen) atoms. The maximum Gasteiger partial charge on any atom is 0.325 e. The Hall–Kier alpha value is -3.00. The average molecular weight is 300 g/mol. The van der Waals surface area contributed by atoms with Gasteiger partial charge in [-0.1, -0.05) is 12.1 Å². The lowest BCUT2D eigenvalue weighted by Crippen LogP contribution is -2.38. The number of nitrogens with zero attached hydrogens (tertiary/aromatic N) is 1. The number of rotatable bonds is 4. The van der Waals surface area contributed by atoms with Crippen LogP contribution in [0.3, 0.4) is 0 Å². The molecule has 112 valence electrons. The molecule has 1 aliphatic rings. The Labute approximate surface area is 123 Å². The van der Waals surface area contributed by atoms with E-state index in [1.807, 2.05) is 0 Å². The number of benzene rings is 1. The van der Waals surface area contributed by atoms with E-state index in [2.05, 4.69) is 15.3 Å². The lowest BCUT2D eigenvalue weighted by Gasteiger charge is -2.14. The Morgan fingerprint density at radius 2 is 1.59 bits per heavy atom. The molecule has 0 spiro atoms. The number of amides is 2. The number of hydrogen-bond acceptors (Lipinski definition) is 5. The third kappa shape index (κ3) is 2.47. The second-order valence-corrected chi connectivity index (χ2v) is 4.78. The van der Waals surface area contributed by atoms with E-state index >= 15 is 0 Å². The smallest absolute Gasteiger partial charge is 0.310 e. The predicted octanol–water partition coefficient (Wildman–Crippen LogP) is -0.594. The number of carbonyl (C=O) groups excluding carboxylic acids is 2. The molecule has 0 aliphatic carbocycles. The summed E-state index contributed by atoms with van der Waals surface area (Å²) in [4.78, 5) is 52.1. The molecule has 2 heterocycles. The van der Waals surface area contributed by atoms with Crippen molar-refractivity contribution in [2.24, 2.45) is 0 Å². The molecule has 1 aliphatic heterocycles. The van der Waals surface area contributed by atoms with Crippen molar-refractivity contribution in [1.82, 2.24) is 20.2 Å². The van der Waals surface area contributed by atoms with Crippen molar-refractivity contribution in [2.45, 2.75) is 6.54 Å². The van der Waals surface area contributed by atoms with Gasteiger partial charge in [0.25, 0.3) is 17.4 Å². The van der Waals surface area contributed by atoms with Gasteiger partial charge in [-0.05, 0) is 12.1 Å². The molecule has 3 rings (SSSR count). The molecular formula is C14H12N4O4. The summed E-state index contributed by atoms with van der Waals surface area (Å²) >= 11 is 0. The van der Waals surface area contributed by atoms with E-state index in [-0.39, 0.29) is 25.0 Å². The van der Waals surface area contributed by atoms with Gasteiger partial charge in [-0.25, -0.2) is 4.79 Å². The number of aromatic nitrogens is 2. The Bertz CT molecular complexity index is 804. The molecule has 0 bridgehead atoms. The van der Waals surface area contributed by atoms with Crippen molar-refractivity contribution >= 4 is 11.8 Å². The fraction of sp³-hybridized carbons (Fsp3) is 0.143. The first-order valence-electron chi connectivity index (χ1n) is 6.55. The lowest BCUT2D eigenvalue weighted by molar-refractivity contribution is 0.0640. The minimum atomic E-state index is -0.606. The summed E-state index contributed by atoms with van der Waals surface area (Å²) in [6.45, 7) is 0.133. The second kappa shape index (κ2) is 5.41. The molecule has 1 aromatic carbocycles. The zero-order valence-corrected chi connectivity index (χ0v) is 11.4. The van der Waals surface area contributed by atoms with Gasteiger partial charge in [-0.3, -0.25) is 29.6 Å². The van der Waals surface area contributed by atoms with E-state index in [1.54, 1.807) is 24.3 Å². The molecule has 0 fully saturated rings. The number of H-pyrrole nitrogens is 2. The fourth-order valence-electron chi connectivity index (χ4n) is 2.30. The molecule has 2 aromatic rings. The maximum atomic E-state index is 12.1. The molecule has 0 unspecified atom stereocenters. The van der Waals surface area contributed by atoms with Gasteiger partial charge in [-0.2, -0.15) is 0 Å². The number of carbonyl (C=O) groups is 2. The summed E-state index contributed by atoms with van der Waals surface area (Å²) in [6, 6.07) is 7.83. The number of fused-ring (bicyclic) bond motifs is 1. The van der Waals surface area contributed by atoms with Crippen LogP contribution in [0, 0.1) is 0 Å². The van der Waals surface area contributed by atoms with Gasteiger partial charge >= 0.3 is 5.69 Å². The van der Waals surface area contributed by atoms with E-state index in [1.165, 1.54) is 6.07 Å². The van der Waals surface area contributed by atoms with Gasteiger partial charge in [0.1, 0.15) is 0 Å². The van der Waals surface area contributed by atoms with Crippen LogP contribution in [-0.4, -0.2) is 33.4 Å². The van der Waals surface area contributed by atoms with Gasteiger partial charge in [0, 0.05) is 18.3 Å². The zero-order valence-electron chi connectivity index (χ0n) is 11.4. The molecule has 8 nitrogen and oxygen atoms in total. The third-order valence-corrected chi connectivity index (χ3v) is 3.28. The minimum Gasteiger partial charge on any atom is -0.310 e. The van der Waals surface area contributed by atoms with Crippen molar-refractivity contribution in [3.8, 4) is 0 Å². The zero-order chi connectivity index (χ0) is 15.7. The highest BCUT2D eigenvalue weighted by molar-refractivity contribution is 6.21. The fourth-order valence-corrected chi connectivity index (χ4v) is 2.30. The number of hydrogen-bond donors (Lipinski definition) is 3. The topological polar surface area (TPSA) is 115 Å². The van der Waals surface area contributed by atoms with Gasteiger partial charge in [-0.15, -0.1) is 0 Å². The first kappa shape index (κ1) is 14.0. The predicted molar refractivity (Wildman–Crippen MR) is 76.3 cm³/mol. The highest BCUT2D eigenvalue weighted by atomic mass is 16.2. The number of nitrogens with one attached hydrogen (secondary N) is 3. The maximum absolute atomic E-state index is 12.1. The monoisotopic (exact) mass is 300 g/mol. The molecular weight excluding hydrogens is 288 g/mol. The molecule has 2 amide bonds. The minimum absolute atomic E-state index is 0.0127. The van der Waals surface area contributed by atoms with Crippen LogP contribution in [0.2, 0.25) is 0 Å². The molecule has 8 heteroatoms. The molecule has 0 radical (unpaired) electrons. The third-order valence-electron chi connectivity index (χ3n) is 3.28. The van der Waals surface area contributed by atoms with E-state index in [9.17, 15) is 19.2 Å². The highest BCUT2D eigenvalue weighted by Gasteiger charge is 2.34. The van der Waals surface area contributed by atoms with Crippen LogP contribution in [0.15, 0.2) is 39.9 Å². The Balaban J connectivity index is 1.68. The van der Waals surface area contributed by atoms with Crippen molar-refractivity contribution < 1.29 is 9.59 Å². The Kier molecular flexibility index (Phi) is 3.43. The SMILES string of the molecule is O=C1c2ccccc2C(=O)N1CNCc1cc(=O)[nH]c(=O)[nH]1. The van der Waals surface area contributed by atoms with Crippen LogP contribution in [0.25, 0.3) is 0 Å². The average Bonchev–Trinajstić information content (AvgIpc) is 2.72. The van der Waals surface area contributed by atoms with Crippen LogP contribution in [0.4, 0.5) is 0 Å². The first-order chi connectivity index (χ1) is 10.6. The van der Waals surface area contributed by atoms with E-state index in [0.29, 0.717) is 16.8 Å². The van der Waals surface area contributed by atoms with Crippen molar-refractivity contribution in [1.29, 1.82) is 0 Å². The summed E-state index contributed by atoms with van der Waals surface area (Å²) < 4.78 is 0. The van der Waals surface area contributed by atoms with Crippen LogP contribution in [-0.2, 0) is 6.54 Å². The van der Waals surface area contributed by atoms with Crippen LogP contribution in [0.1, 0.15) is 26.4 Å². The lowest BCUT2D eigenvalue weighted by atomic mass is 10.1.